The van der Waals surface area contributed by atoms with Gasteiger partial charge in [-0.25, -0.2) is 0 Å². The third-order valence-electron chi connectivity index (χ3n) is 3.04. The van der Waals surface area contributed by atoms with Crippen LogP contribution in [0.25, 0.3) is 0 Å². The van der Waals surface area contributed by atoms with Crippen molar-refractivity contribution in [3.05, 3.63) is 0 Å². The van der Waals surface area contributed by atoms with E-state index >= 15 is 0 Å². The Morgan fingerprint density at radius 3 is 3.00 bits per heavy atom. The zero-order valence-electron chi connectivity index (χ0n) is 10.4. The molecule has 94 valence electrons. The third kappa shape index (κ3) is 3.73. The van der Waals surface area contributed by atoms with Crippen LogP contribution in [0, 0.1) is 0 Å². The summed E-state index contributed by atoms with van der Waals surface area (Å²) in [5.41, 5.74) is 0. The molecule has 1 aliphatic rings. The number of carbonyl (C=O) groups is 1. The van der Waals surface area contributed by atoms with Gasteiger partial charge < -0.3 is 14.8 Å². The molecule has 0 aliphatic carbocycles. The minimum atomic E-state index is -0.208. The van der Waals surface area contributed by atoms with E-state index in [0.717, 1.165) is 32.7 Å². The van der Waals surface area contributed by atoms with E-state index in [1.54, 1.807) is 7.05 Å². The number of methoxy groups -OCH3 is 1. The largest absolute Gasteiger partial charge is 0.468 e. The molecule has 1 heterocycles. The van der Waals surface area contributed by atoms with Crippen molar-refractivity contribution in [3.8, 4) is 0 Å². The molecule has 0 aromatic heterocycles. The van der Waals surface area contributed by atoms with Crippen LogP contribution in [0.1, 0.15) is 13.3 Å². The molecule has 5 heteroatoms. The summed E-state index contributed by atoms with van der Waals surface area (Å²) in [7, 11) is 3.20. The van der Waals surface area contributed by atoms with Gasteiger partial charge in [0.15, 0.2) is 0 Å². The second-order valence-electron chi connectivity index (χ2n) is 4.11. The topological polar surface area (TPSA) is 50.8 Å². The van der Waals surface area contributed by atoms with Crippen LogP contribution < -0.4 is 5.32 Å². The van der Waals surface area contributed by atoms with Gasteiger partial charge in [-0.3, -0.25) is 9.69 Å². The van der Waals surface area contributed by atoms with Crippen LogP contribution in [0.4, 0.5) is 0 Å². The Bertz CT molecular complexity index is 223. The predicted octanol–water partition coefficient (Wildman–Crippen LogP) is -0.142. The lowest BCUT2D eigenvalue weighted by molar-refractivity contribution is -0.143. The molecule has 1 rings (SSSR count). The Morgan fingerprint density at radius 2 is 2.44 bits per heavy atom. The van der Waals surface area contributed by atoms with Crippen molar-refractivity contribution in [2.45, 2.75) is 25.4 Å². The number of esters is 1. The summed E-state index contributed by atoms with van der Waals surface area (Å²) in [5, 5.41) is 2.97. The lowest BCUT2D eigenvalue weighted by Crippen LogP contribution is -2.46. The molecule has 16 heavy (non-hydrogen) atoms. The summed E-state index contributed by atoms with van der Waals surface area (Å²) >= 11 is 0. The molecule has 1 saturated heterocycles. The number of ether oxygens (including phenoxy) is 2. The maximum Gasteiger partial charge on any atom is 0.322 e. The monoisotopic (exact) mass is 230 g/mol. The number of hydrogen-bond donors (Lipinski definition) is 1. The fourth-order valence-corrected chi connectivity index (χ4v) is 1.91. The average molecular weight is 230 g/mol. The van der Waals surface area contributed by atoms with Crippen LogP contribution in [0.15, 0.2) is 0 Å². The number of nitrogens with one attached hydrogen (secondary N) is 1. The smallest absolute Gasteiger partial charge is 0.322 e. The summed E-state index contributed by atoms with van der Waals surface area (Å²) in [4.78, 5) is 13.7. The van der Waals surface area contributed by atoms with Crippen LogP contribution in [0.3, 0.4) is 0 Å². The van der Waals surface area contributed by atoms with E-state index in [4.69, 9.17) is 9.47 Å². The fourth-order valence-electron chi connectivity index (χ4n) is 1.91. The molecule has 1 fully saturated rings. The third-order valence-corrected chi connectivity index (χ3v) is 3.04. The number of rotatable bonds is 5. The SMILES string of the molecule is CNC(CCN1CCOCC1C)C(=O)OC. The zero-order valence-corrected chi connectivity index (χ0v) is 10.4. The average Bonchev–Trinajstić information content (AvgIpc) is 2.31. The lowest BCUT2D eigenvalue weighted by atomic mass is 10.1. The Hall–Kier alpha value is -0.650. The maximum atomic E-state index is 11.4. The number of carbonyl (C=O) groups excluding carboxylic acids is 1. The van der Waals surface area contributed by atoms with E-state index in [1.807, 2.05) is 0 Å². The highest BCUT2D eigenvalue weighted by molar-refractivity contribution is 5.75. The van der Waals surface area contributed by atoms with Gasteiger partial charge in [0.05, 0.1) is 20.3 Å². The summed E-state index contributed by atoms with van der Waals surface area (Å²) in [6.07, 6.45) is 0.771. The number of likely N-dealkylation sites (N-methyl/N-ethyl adjacent to an activating group) is 1. The summed E-state index contributed by atoms with van der Waals surface area (Å²) in [6, 6.07) is 0.226. The Morgan fingerprint density at radius 1 is 1.69 bits per heavy atom. The van der Waals surface area contributed by atoms with Crippen molar-refractivity contribution in [2.24, 2.45) is 0 Å². The molecule has 1 N–H and O–H groups in total. The molecule has 0 amide bonds. The molecule has 0 bridgehead atoms. The van der Waals surface area contributed by atoms with Crippen molar-refractivity contribution >= 4 is 5.97 Å². The van der Waals surface area contributed by atoms with Crippen molar-refractivity contribution < 1.29 is 14.3 Å². The first-order valence-corrected chi connectivity index (χ1v) is 5.76. The molecule has 0 radical (unpaired) electrons. The van der Waals surface area contributed by atoms with Crippen molar-refractivity contribution in [1.29, 1.82) is 0 Å². The minimum Gasteiger partial charge on any atom is -0.468 e. The zero-order chi connectivity index (χ0) is 12.0. The first kappa shape index (κ1) is 13.4. The maximum absolute atomic E-state index is 11.4. The lowest BCUT2D eigenvalue weighted by Gasteiger charge is -2.33. The normalized spacial score (nSPS) is 24.1. The van der Waals surface area contributed by atoms with Crippen molar-refractivity contribution in [1.82, 2.24) is 10.2 Å². The molecule has 0 spiro atoms. The molecule has 2 atom stereocenters. The quantitative estimate of drug-likeness (QED) is 0.666. The number of hydrogen-bond acceptors (Lipinski definition) is 5. The van der Waals surface area contributed by atoms with Gasteiger partial charge in [0.2, 0.25) is 0 Å². The van der Waals surface area contributed by atoms with Crippen LogP contribution in [0.2, 0.25) is 0 Å². The molecular formula is C11H22N2O3. The second-order valence-corrected chi connectivity index (χ2v) is 4.11. The van der Waals surface area contributed by atoms with Gasteiger partial charge in [-0.2, -0.15) is 0 Å². The fraction of sp³-hybridized carbons (Fsp3) is 0.909. The molecule has 0 saturated carbocycles. The number of nitrogens with zero attached hydrogens (tertiary/aromatic N) is 1. The van der Waals surface area contributed by atoms with Crippen LogP contribution in [-0.4, -0.2) is 63.4 Å². The summed E-state index contributed by atoms with van der Waals surface area (Å²) < 4.78 is 10.1. The molecule has 1 aliphatic heterocycles. The Balaban J connectivity index is 2.33. The Labute approximate surface area is 97.1 Å². The Kier molecular flexibility index (Phi) is 5.73. The van der Waals surface area contributed by atoms with E-state index in [0.29, 0.717) is 6.04 Å². The van der Waals surface area contributed by atoms with Gasteiger partial charge in [0.25, 0.3) is 0 Å². The van der Waals surface area contributed by atoms with Crippen molar-refractivity contribution in [2.75, 3.05) is 40.5 Å². The van der Waals surface area contributed by atoms with Crippen LogP contribution in [-0.2, 0) is 14.3 Å². The molecule has 2 unspecified atom stereocenters. The van der Waals surface area contributed by atoms with Crippen molar-refractivity contribution in [3.63, 3.8) is 0 Å². The van der Waals surface area contributed by atoms with Gasteiger partial charge in [0, 0.05) is 19.1 Å². The second kappa shape index (κ2) is 6.83. The highest BCUT2D eigenvalue weighted by Crippen LogP contribution is 2.08. The van der Waals surface area contributed by atoms with E-state index in [2.05, 4.69) is 17.1 Å². The van der Waals surface area contributed by atoms with Gasteiger partial charge >= 0.3 is 5.97 Å². The minimum absolute atomic E-state index is 0.191. The van der Waals surface area contributed by atoms with Gasteiger partial charge in [-0.1, -0.05) is 0 Å². The number of morpholine rings is 1. The molecular weight excluding hydrogens is 208 g/mol. The van der Waals surface area contributed by atoms with E-state index in [-0.39, 0.29) is 12.0 Å². The first-order chi connectivity index (χ1) is 7.69. The highest BCUT2D eigenvalue weighted by atomic mass is 16.5. The summed E-state index contributed by atoms with van der Waals surface area (Å²) in [6.45, 7) is 5.55. The first-order valence-electron chi connectivity index (χ1n) is 5.76. The highest BCUT2D eigenvalue weighted by Gasteiger charge is 2.22. The van der Waals surface area contributed by atoms with E-state index in [9.17, 15) is 4.79 Å². The standard InChI is InChI=1S/C11H22N2O3/c1-9-8-16-7-6-13(9)5-4-10(12-2)11(14)15-3/h9-10,12H,4-8H2,1-3H3. The van der Waals surface area contributed by atoms with E-state index in [1.165, 1.54) is 7.11 Å². The predicted molar refractivity (Wildman–Crippen MR) is 61.3 cm³/mol. The summed E-state index contributed by atoms with van der Waals surface area (Å²) in [5.74, 6) is -0.191. The molecule has 5 nitrogen and oxygen atoms in total. The molecule has 0 aromatic carbocycles. The van der Waals surface area contributed by atoms with Gasteiger partial charge in [0.1, 0.15) is 6.04 Å². The van der Waals surface area contributed by atoms with Crippen LogP contribution in [0.5, 0.6) is 0 Å². The molecule has 0 aromatic rings. The van der Waals surface area contributed by atoms with E-state index < -0.39 is 0 Å². The van der Waals surface area contributed by atoms with Gasteiger partial charge in [-0.15, -0.1) is 0 Å². The van der Waals surface area contributed by atoms with Crippen LogP contribution >= 0.6 is 0 Å². The van der Waals surface area contributed by atoms with Gasteiger partial charge in [-0.05, 0) is 20.4 Å².